The third-order valence-corrected chi connectivity index (χ3v) is 5.05. The second kappa shape index (κ2) is 7.25. The van der Waals surface area contributed by atoms with E-state index in [0.29, 0.717) is 30.7 Å². The highest BCUT2D eigenvalue weighted by Gasteiger charge is 2.52. The SMILES string of the molecule is O=C(COC(=O)[C@H]1CC=CCC1)NN1C(=O)NC2(CCCCC2)C1=O. The number of imide groups is 1. The maximum Gasteiger partial charge on any atom is 0.344 e. The van der Waals surface area contributed by atoms with Crippen molar-refractivity contribution in [2.45, 2.75) is 56.9 Å². The van der Waals surface area contributed by atoms with Crippen molar-refractivity contribution in [2.75, 3.05) is 6.61 Å². The van der Waals surface area contributed by atoms with Gasteiger partial charge in [0.2, 0.25) is 0 Å². The molecule has 136 valence electrons. The molecule has 1 saturated heterocycles. The number of rotatable bonds is 4. The maximum absolute atomic E-state index is 12.5. The van der Waals surface area contributed by atoms with Crippen LogP contribution in [0, 0.1) is 5.92 Å². The number of hydrogen-bond acceptors (Lipinski definition) is 5. The van der Waals surface area contributed by atoms with Gasteiger partial charge in [-0.1, -0.05) is 31.4 Å². The molecule has 0 aromatic carbocycles. The molecule has 0 aromatic rings. The molecule has 2 fully saturated rings. The lowest BCUT2D eigenvalue weighted by atomic mass is 9.82. The first-order valence-electron chi connectivity index (χ1n) is 8.80. The number of hydrazine groups is 1. The van der Waals surface area contributed by atoms with Gasteiger partial charge in [-0.25, -0.2) is 4.79 Å². The summed E-state index contributed by atoms with van der Waals surface area (Å²) in [4.78, 5) is 48.5. The minimum absolute atomic E-state index is 0.236. The van der Waals surface area contributed by atoms with Crippen LogP contribution in [-0.2, 0) is 19.1 Å². The van der Waals surface area contributed by atoms with Crippen LogP contribution in [0.1, 0.15) is 51.4 Å². The summed E-state index contributed by atoms with van der Waals surface area (Å²) in [5.41, 5.74) is 1.35. The number of esters is 1. The zero-order chi connectivity index (χ0) is 17.9. The Morgan fingerprint density at radius 2 is 2.00 bits per heavy atom. The topological polar surface area (TPSA) is 105 Å². The summed E-state index contributed by atoms with van der Waals surface area (Å²) in [6.07, 6.45) is 9.97. The van der Waals surface area contributed by atoms with Crippen molar-refractivity contribution in [3.8, 4) is 0 Å². The van der Waals surface area contributed by atoms with Crippen LogP contribution in [0.25, 0.3) is 0 Å². The summed E-state index contributed by atoms with van der Waals surface area (Å²) >= 11 is 0. The van der Waals surface area contributed by atoms with Gasteiger partial charge in [-0.05, 0) is 32.1 Å². The molecular weight excluding hydrogens is 326 g/mol. The average Bonchev–Trinajstić information content (AvgIpc) is 2.85. The average molecular weight is 349 g/mol. The number of amides is 4. The van der Waals surface area contributed by atoms with Crippen molar-refractivity contribution in [1.29, 1.82) is 0 Å². The van der Waals surface area contributed by atoms with E-state index in [2.05, 4.69) is 10.7 Å². The molecule has 1 spiro atoms. The summed E-state index contributed by atoms with van der Waals surface area (Å²) in [5.74, 6) is -1.80. The van der Waals surface area contributed by atoms with Crippen LogP contribution in [-0.4, -0.2) is 41.0 Å². The summed E-state index contributed by atoms with van der Waals surface area (Å²) in [5, 5.41) is 3.41. The Bertz CT molecular complexity index is 609. The van der Waals surface area contributed by atoms with E-state index < -0.39 is 36.0 Å². The van der Waals surface area contributed by atoms with E-state index in [9.17, 15) is 19.2 Å². The third-order valence-electron chi connectivity index (χ3n) is 5.05. The van der Waals surface area contributed by atoms with Gasteiger partial charge in [-0.2, -0.15) is 5.01 Å². The van der Waals surface area contributed by atoms with Gasteiger partial charge >= 0.3 is 12.0 Å². The van der Waals surface area contributed by atoms with E-state index in [4.69, 9.17) is 4.74 Å². The minimum Gasteiger partial charge on any atom is -0.455 e. The molecule has 0 bridgehead atoms. The second-order valence-corrected chi connectivity index (χ2v) is 6.84. The molecule has 3 rings (SSSR count). The molecule has 2 N–H and O–H groups in total. The van der Waals surface area contributed by atoms with E-state index >= 15 is 0 Å². The van der Waals surface area contributed by atoms with Crippen LogP contribution in [0.2, 0.25) is 0 Å². The summed E-state index contributed by atoms with van der Waals surface area (Å²) in [7, 11) is 0. The van der Waals surface area contributed by atoms with Crippen molar-refractivity contribution in [3.63, 3.8) is 0 Å². The van der Waals surface area contributed by atoms with E-state index in [1.165, 1.54) is 0 Å². The number of allylic oxidation sites excluding steroid dienone is 2. The van der Waals surface area contributed by atoms with Crippen LogP contribution in [0.4, 0.5) is 4.79 Å². The smallest absolute Gasteiger partial charge is 0.344 e. The number of urea groups is 1. The molecule has 3 aliphatic rings. The lowest BCUT2D eigenvalue weighted by Gasteiger charge is -2.30. The second-order valence-electron chi connectivity index (χ2n) is 6.84. The minimum atomic E-state index is -0.895. The van der Waals surface area contributed by atoms with Crippen molar-refractivity contribution in [1.82, 2.24) is 15.8 Å². The standard InChI is InChI=1S/C17H23N3O5/c21-13(11-25-14(22)12-7-3-1-4-8-12)19-20-15(23)17(18-16(20)24)9-5-2-6-10-17/h1,3,12H,2,4-11H2,(H,18,24)(H,19,21)/t12-/m0/s1. The Morgan fingerprint density at radius 1 is 1.24 bits per heavy atom. The van der Waals surface area contributed by atoms with Gasteiger partial charge in [-0.3, -0.25) is 19.8 Å². The molecule has 0 radical (unpaired) electrons. The molecule has 0 aromatic heterocycles. The van der Waals surface area contributed by atoms with E-state index in [0.717, 1.165) is 25.7 Å². The Balaban J connectivity index is 1.50. The number of ether oxygens (including phenoxy) is 1. The van der Waals surface area contributed by atoms with Gasteiger partial charge in [-0.15, -0.1) is 0 Å². The summed E-state index contributed by atoms with van der Waals surface area (Å²) in [6.45, 7) is -0.511. The Hall–Kier alpha value is -2.38. The van der Waals surface area contributed by atoms with Crippen LogP contribution >= 0.6 is 0 Å². The summed E-state index contributed by atoms with van der Waals surface area (Å²) < 4.78 is 5.01. The molecule has 1 heterocycles. The molecule has 1 aliphatic heterocycles. The van der Waals surface area contributed by atoms with Crippen molar-refractivity contribution >= 4 is 23.8 Å². The molecule has 1 atom stereocenters. The van der Waals surface area contributed by atoms with Gasteiger partial charge in [0.15, 0.2) is 6.61 Å². The fourth-order valence-corrected chi connectivity index (χ4v) is 3.64. The van der Waals surface area contributed by atoms with Gasteiger partial charge < -0.3 is 10.1 Å². The summed E-state index contributed by atoms with van der Waals surface area (Å²) in [6, 6.07) is -0.635. The van der Waals surface area contributed by atoms with E-state index in [1.807, 2.05) is 12.2 Å². The van der Waals surface area contributed by atoms with Crippen LogP contribution in [0.5, 0.6) is 0 Å². The lowest BCUT2D eigenvalue weighted by molar-refractivity contribution is -0.154. The molecule has 8 heteroatoms. The molecule has 1 saturated carbocycles. The van der Waals surface area contributed by atoms with Gasteiger partial charge in [0.25, 0.3) is 11.8 Å². The van der Waals surface area contributed by atoms with Gasteiger partial charge in [0.1, 0.15) is 5.54 Å². The largest absolute Gasteiger partial charge is 0.455 e. The lowest BCUT2D eigenvalue weighted by Crippen LogP contribution is -2.51. The fraction of sp³-hybridized carbons (Fsp3) is 0.647. The number of carbonyl (C=O) groups excluding carboxylic acids is 4. The van der Waals surface area contributed by atoms with E-state index in [-0.39, 0.29) is 5.92 Å². The van der Waals surface area contributed by atoms with Crippen LogP contribution in [0.15, 0.2) is 12.2 Å². The Morgan fingerprint density at radius 3 is 2.68 bits per heavy atom. The number of nitrogens with zero attached hydrogens (tertiary/aromatic N) is 1. The van der Waals surface area contributed by atoms with Crippen LogP contribution in [0.3, 0.4) is 0 Å². The number of nitrogens with one attached hydrogen (secondary N) is 2. The van der Waals surface area contributed by atoms with Crippen molar-refractivity contribution in [3.05, 3.63) is 12.2 Å². The van der Waals surface area contributed by atoms with Gasteiger partial charge in [0, 0.05) is 0 Å². The van der Waals surface area contributed by atoms with Crippen molar-refractivity contribution in [2.24, 2.45) is 5.92 Å². The predicted molar refractivity (Wildman–Crippen MR) is 86.8 cm³/mol. The zero-order valence-corrected chi connectivity index (χ0v) is 14.1. The molecule has 2 aliphatic carbocycles. The first-order chi connectivity index (χ1) is 12.0. The van der Waals surface area contributed by atoms with Gasteiger partial charge in [0.05, 0.1) is 5.92 Å². The number of hydrogen-bond donors (Lipinski definition) is 2. The predicted octanol–water partition coefficient (Wildman–Crippen LogP) is 1.17. The first-order valence-corrected chi connectivity index (χ1v) is 8.80. The number of carbonyl (C=O) groups is 4. The fourth-order valence-electron chi connectivity index (χ4n) is 3.64. The van der Waals surface area contributed by atoms with E-state index in [1.54, 1.807) is 0 Å². The highest BCUT2D eigenvalue weighted by molar-refractivity contribution is 6.08. The van der Waals surface area contributed by atoms with Crippen LogP contribution < -0.4 is 10.7 Å². The van der Waals surface area contributed by atoms with Crippen molar-refractivity contribution < 1.29 is 23.9 Å². The normalized spacial score (nSPS) is 25.0. The Kier molecular flexibility index (Phi) is 5.06. The molecule has 25 heavy (non-hydrogen) atoms. The molecular formula is C17H23N3O5. The maximum atomic E-state index is 12.5. The third kappa shape index (κ3) is 3.67. The molecule has 4 amide bonds. The monoisotopic (exact) mass is 349 g/mol. The first kappa shape index (κ1) is 17.4. The zero-order valence-electron chi connectivity index (χ0n) is 14.1. The highest BCUT2D eigenvalue weighted by Crippen LogP contribution is 2.32. The Labute approximate surface area is 145 Å². The highest BCUT2D eigenvalue weighted by atomic mass is 16.5. The molecule has 0 unspecified atom stereocenters. The molecule has 8 nitrogen and oxygen atoms in total. The quantitative estimate of drug-likeness (QED) is 0.450.